The van der Waals surface area contributed by atoms with E-state index in [1.165, 1.54) is 0 Å². The minimum absolute atomic E-state index is 0.509. The molecule has 1 rings (SSSR count). The third kappa shape index (κ3) is 4.64. The largest absolute Gasteiger partial charge is 0.406 e. The van der Waals surface area contributed by atoms with Crippen molar-refractivity contribution in [2.45, 2.75) is 29.5 Å². The molecule has 16 heavy (non-hydrogen) atoms. The van der Waals surface area contributed by atoms with E-state index in [0.29, 0.717) is 0 Å². The molecule has 0 bridgehead atoms. The van der Waals surface area contributed by atoms with E-state index in [1.807, 2.05) is 30.3 Å². The van der Waals surface area contributed by atoms with Crippen LogP contribution in [0.4, 0.5) is 0 Å². The van der Waals surface area contributed by atoms with E-state index in [-0.39, 0.29) is 0 Å². The van der Waals surface area contributed by atoms with E-state index < -0.39 is 18.2 Å². The molecule has 1 nitrogen and oxygen atoms in total. The van der Waals surface area contributed by atoms with Gasteiger partial charge in [-0.3, -0.25) is 0 Å². The number of rotatable bonds is 3. The van der Waals surface area contributed by atoms with Crippen LogP contribution in [0.15, 0.2) is 30.3 Å². The van der Waals surface area contributed by atoms with Crippen molar-refractivity contribution in [3.05, 3.63) is 35.9 Å². The second kappa shape index (κ2) is 5.28. The first-order chi connectivity index (χ1) is 7.20. The van der Waals surface area contributed by atoms with Gasteiger partial charge >= 0.3 is 0 Å². The molecular formula is C11H15Cl3OSi. The Bertz CT molecular complexity index is 329. The molecule has 1 atom stereocenters. The van der Waals surface area contributed by atoms with Gasteiger partial charge in [0, 0.05) is 0 Å². The maximum Gasteiger partial charge on any atom is 0.219 e. The Morgan fingerprint density at radius 1 is 1.06 bits per heavy atom. The highest BCUT2D eigenvalue weighted by molar-refractivity contribution is 6.71. The molecular weight excluding hydrogens is 283 g/mol. The van der Waals surface area contributed by atoms with E-state index in [0.717, 1.165) is 5.56 Å². The maximum absolute atomic E-state index is 5.97. The zero-order valence-corrected chi connectivity index (χ0v) is 12.8. The lowest BCUT2D eigenvalue weighted by Gasteiger charge is -2.31. The molecule has 1 aromatic carbocycles. The van der Waals surface area contributed by atoms with Crippen LogP contribution < -0.4 is 0 Å². The van der Waals surface area contributed by atoms with Gasteiger partial charge in [-0.25, -0.2) is 0 Å². The van der Waals surface area contributed by atoms with Gasteiger partial charge in [0.1, 0.15) is 6.10 Å². The number of alkyl halides is 3. The molecule has 0 amide bonds. The molecule has 0 aliphatic carbocycles. The van der Waals surface area contributed by atoms with E-state index in [2.05, 4.69) is 19.6 Å². The number of halogens is 3. The predicted octanol–water partition coefficient (Wildman–Crippen LogP) is 4.95. The van der Waals surface area contributed by atoms with Crippen molar-refractivity contribution < 1.29 is 4.43 Å². The minimum Gasteiger partial charge on any atom is -0.406 e. The minimum atomic E-state index is -1.77. The summed E-state index contributed by atoms with van der Waals surface area (Å²) < 4.78 is 4.49. The summed E-state index contributed by atoms with van der Waals surface area (Å²) in [6.45, 7) is 6.21. The van der Waals surface area contributed by atoms with Gasteiger partial charge in [0.15, 0.2) is 8.32 Å². The molecule has 0 aromatic heterocycles. The Balaban J connectivity index is 2.98. The molecule has 90 valence electrons. The second-order valence-electron chi connectivity index (χ2n) is 4.56. The van der Waals surface area contributed by atoms with Crippen molar-refractivity contribution in [1.82, 2.24) is 0 Å². The quantitative estimate of drug-likeness (QED) is 0.566. The highest BCUT2D eigenvalue weighted by Crippen LogP contribution is 2.43. The van der Waals surface area contributed by atoms with Gasteiger partial charge in [0.05, 0.1) is 0 Å². The van der Waals surface area contributed by atoms with Crippen LogP contribution in [0.25, 0.3) is 0 Å². The first-order valence-electron chi connectivity index (χ1n) is 4.99. The molecule has 0 fully saturated rings. The van der Waals surface area contributed by atoms with Crippen LogP contribution in [-0.4, -0.2) is 12.1 Å². The third-order valence-electron chi connectivity index (χ3n) is 1.87. The van der Waals surface area contributed by atoms with Crippen molar-refractivity contribution in [2.24, 2.45) is 0 Å². The summed E-state index contributed by atoms with van der Waals surface area (Å²) in [6, 6.07) is 9.56. The SMILES string of the molecule is C[Si](C)(C)OC(c1ccccc1)C(Cl)(Cl)Cl. The number of hydrogen-bond donors (Lipinski definition) is 0. The van der Waals surface area contributed by atoms with Crippen LogP contribution in [0, 0.1) is 0 Å². The fourth-order valence-electron chi connectivity index (χ4n) is 1.31. The van der Waals surface area contributed by atoms with Crippen LogP contribution in [0.3, 0.4) is 0 Å². The van der Waals surface area contributed by atoms with Gasteiger partial charge in [-0.15, -0.1) is 0 Å². The second-order valence-corrected chi connectivity index (χ2v) is 11.4. The summed E-state index contributed by atoms with van der Waals surface area (Å²) in [5.41, 5.74) is 0.893. The summed E-state index contributed by atoms with van der Waals surface area (Å²) in [5, 5.41) is 0. The zero-order chi connectivity index (χ0) is 12.4. The molecule has 0 aliphatic heterocycles. The Hall–Kier alpha value is 0.267. The summed E-state index contributed by atoms with van der Waals surface area (Å²) in [5.74, 6) is 0. The lowest BCUT2D eigenvalue weighted by atomic mass is 10.1. The lowest BCUT2D eigenvalue weighted by Crippen LogP contribution is -2.33. The first kappa shape index (κ1) is 14.3. The first-order valence-corrected chi connectivity index (χ1v) is 9.54. The fourth-order valence-corrected chi connectivity index (χ4v) is 3.06. The smallest absolute Gasteiger partial charge is 0.219 e. The highest BCUT2D eigenvalue weighted by atomic mass is 35.6. The number of hydrogen-bond acceptors (Lipinski definition) is 1. The van der Waals surface area contributed by atoms with Gasteiger partial charge in [-0.2, -0.15) is 0 Å². The third-order valence-corrected chi connectivity index (χ3v) is 3.41. The van der Waals surface area contributed by atoms with Gasteiger partial charge < -0.3 is 4.43 Å². The Kier molecular flexibility index (Phi) is 4.73. The van der Waals surface area contributed by atoms with E-state index in [1.54, 1.807) is 0 Å². The van der Waals surface area contributed by atoms with Crippen molar-refractivity contribution in [3.8, 4) is 0 Å². The summed E-state index contributed by atoms with van der Waals surface area (Å²) >= 11 is 17.9. The molecule has 0 aliphatic rings. The molecule has 0 spiro atoms. The average molecular weight is 298 g/mol. The molecule has 0 saturated carbocycles. The standard InChI is InChI=1S/C11H15Cl3OSi/c1-16(2,3)15-10(11(12,13)14)9-7-5-4-6-8-9/h4-8,10H,1-3H3. The molecule has 5 heteroatoms. The van der Waals surface area contributed by atoms with E-state index in [9.17, 15) is 0 Å². The van der Waals surface area contributed by atoms with Crippen molar-refractivity contribution in [2.75, 3.05) is 0 Å². The monoisotopic (exact) mass is 296 g/mol. The number of benzene rings is 1. The Labute approximate surface area is 113 Å². The summed E-state index contributed by atoms with van der Waals surface area (Å²) in [6.07, 6.45) is -0.509. The molecule has 0 saturated heterocycles. The molecule has 0 radical (unpaired) electrons. The lowest BCUT2D eigenvalue weighted by molar-refractivity contribution is 0.202. The highest BCUT2D eigenvalue weighted by Gasteiger charge is 2.37. The van der Waals surface area contributed by atoms with Gasteiger partial charge in [-0.05, 0) is 25.2 Å². The van der Waals surface area contributed by atoms with E-state index in [4.69, 9.17) is 39.2 Å². The van der Waals surface area contributed by atoms with Crippen LogP contribution in [-0.2, 0) is 4.43 Å². The zero-order valence-electron chi connectivity index (χ0n) is 9.51. The molecule has 0 heterocycles. The molecule has 0 N–H and O–H groups in total. The van der Waals surface area contributed by atoms with Crippen molar-refractivity contribution in [1.29, 1.82) is 0 Å². The summed E-state index contributed by atoms with van der Waals surface area (Å²) in [7, 11) is -1.77. The normalized spacial score (nSPS) is 14.9. The van der Waals surface area contributed by atoms with Gasteiger partial charge in [0.25, 0.3) is 0 Å². The summed E-state index contributed by atoms with van der Waals surface area (Å²) in [4.78, 5) is 0. The molecule has 1 aromatic rings. The Morgan fingerprint density at radius 2 is 1.56 bits per heavy atom. The van der Waals surface area contributed by atoms with Crippen molar-refractivity contribution >= 4 is 43.1 Å². The predicted molar refractivity (Wildman–Crippen MR) is 73.9 cm³/mol. The molecule has 1 unspecified atom stereocenters. The van der Waals surface area contributed by atoms with E-state index >= 15 is 0 Å². The average Bonchev–Trinajstić information content (AvgIpc) is 2.13. The van der Waals surface area contributed by atoms with Crippen molar-refractivity contribution in [3.63, 3.8) is 0 Å². The van der Waals surface area contributed by atoms with Crippen LogP contribution in [0.1, 0.15) is 11.7 Å². The van der Waals surface area contributed by atoms with Crippen LogP contribution >= 0.6 is 34.8 Å². The Morgan fingerprint density at radius 3 is 1.94 bits per heavy atom. The maximum atomic E-state index is 5.97. The van der Waals surface area contributed by atoms with Crippen LogP contribution in [0.5, 0.6) is 0 Å². The van der Waals surface area contributed by atoms with Gasteiger partial charge in [0.2, 0.25) is 3.79 Å². The van der Waals surface area contributed by atoms with Crippen LogP contribution in [0.2, 0.25) is 19.6 Å². The fraction of sp³-hybridized carbons (Fsp3) is 0.455. The topological polar surface area (TPSA) is 9.23 Å². The van der Waals surface area contributed by atoms with Gasteiger partial charge in [-0.1, -0.05) is 65.1 Å².